The highest BCUT2D eigenvalue weighted by atomic mass is 79.9. The molecule has 1 saturated heterocycles. The fourth-order valence-electron chi connectivity index (χ4n) is 3.54. The Hall–Kier alpha value is -4.44. The topological polar surface area (TPSA) is 114 Å². The molecule has 1 aliphatic heterocycles. The highest BCUT2D eigenvalue weighted by Gasteiger charge is 2.37. The predicted octanol–water partition coefficient (Wildman–Crippen LogP) is 4.45. The van der Waals surface area contributed by atoms with Gasteiger partial charge in [-0.2, -0.15) is 0 Å². The largest absolute Gasteiger partial charge is 0.493 e. The summed E-state index contributed by atoms with van der Waals surface area (Å²) in [6.07, 6.45) is 1.35. The number of para-hydroxylation sites is 1. The third-order valence-corrected chi connectivity index (χ3v) is 6.08. The summed E-state index contributed by atoms with van der Waals surface area (Å²) in [6, 6.07) is 18.0. The van der Waals surface area contributed by atoms with Crippen LogP contribution >= 0.6 is 15.9 Å². The van der Waals surface area contributed by atoms with Crippen LogP contribution in [-0.4, -0.2) is 37.5 Å². The van der Waals surface area contributed by atoms with Crippen LogP contribution in [0.5, 0.6) is 11.5 Å². The molecule has 4 rings (SSSR count). The van der Waals surface area contributed by atoms with Gasteiger partial charge in [-0.3, -0.25) is 19.7 Å². The van der Waals surface area contributed by atoms with Gasteiger partial charge in [0.05, 0.1) is 12.8 Å². The van der Waals surface area contributed by atoms with Crippen molar-refractivity contribution in [2.45, 2.75) is 6.92 Å². The molecule has 0 saturated carbocycles. The molecule has 1 heterocycles. The number of anilines is 2. The van der Waals surface area contributed by atoms with Gasteiger partial charge >= 0.3 is 6.03 Å². The number of aryl methyl sites for hydroxylation is 1. The van der Waals surface area contributed by atoms with Crippen molar-refractivity contribution in [3.63, 3.8) is 0 Å². The molecule has 1 fully saturated rings. The van der Waals surface area contributed by atoms with E-state index in [1.165, 1.54) is 13.2 Å². The fourth-order valence-corrected chi connectivity index (χ4v) is 3.97. The molecule has 37 heavy (non-hydrogen) atoms. The van der Waals surface area contributed by atoms with Gasteiger partial charge in [0.2, 0.25) is 0 Å². The van der Waals surface area contributed by atoms with Crippen molar-refractivity contribution in [3.05, 3.63) is 87.9 Å². The van der Waals surface area contributed by atoms with Crippen LogP contribution in [0.2, 0.25) is 0 Å². The molecule has 0 aromatic heterocycles. The highest BCUT2D eigenvalue weighted by Crippen LogP contribution is 2.35. The van der Waals surface area contributed by atoms with E-state index >= 15 is 0 Å². The number of methoxy groups -OCH3 is 1. The van der Waals surface area contributed by atoms with E-state index in [9.17, 15) is 19.2 Å². The van der Waals surface area contributed by atoms with Gasteiger partial charge in [0.1, 0.15) is 5.57 Å². The third-order valence-electron chi connectivity index (χ3n) is 5.39. The lowest BCUT2D eigenvalue weighted by atomic mass is 10.1. The number of barbiturate groups is 1. The van der Waals surface area contributed by atoms with Crippen LogP contribution in [0.3, 0.4) is 0 Å². The number of urea groups is 1. The average Bonchev–Trinajstić information content (AvgIpc) is 2.87. The van der Waals surface area contributed by atoms with E-state index < -0.39 is 17.8 Å². The first-order valence-corrected chi connectivity index (χ1v) is 11.9. The number of benzene rings is 3. The van der Waals surface area contributed by atoms with Gasteiger partial charge in [0.25, 0.3) is 17.7 Å². The number of hydrogen-bond acceptors (Lipinski definition) is 6. The van der Waals surface area contributed by atoms with E-state index in [0.717, 1.165) is 10.5 Å². The monoisotopic (exact) mass is 563 g/mol. The summed E-state index contributed by atoms with van der Waals surface area (Å²) in [6.45, 7) is 1.61. The van der Waals surface area contributed by atoms with Gasteiger partial charge in [-0.05, 0) is 55.0 Å². The minimum absolute atomic E-state index is 0.237. The normalized spacial score (nSPS) is 14.4. The Labute approximate surface area is 221 Å². The summed E-state index contributed by atoms with van der Waals surface area (Å²) < 4.78 is 11.5. The number of rotatable bonds is 7. The Morgan fingerprint density at radius 2 is 1.73 bits per heavy atom. The van der Waals surface area contributed by atoms with Crippen LogP contribution in [0.25, 0.3) is 6.08 Å². The number of ether oxygens (including phenoxy) is 2. The number of imide groups is 2. The van der Waals surface area contributed by atoms with Crippen molar-refractivity contribution < 1.29 is 28.7 Å². The van der Waals surface area contributed by atoms with Crippen molar-refractivity contribution in [2.24, 2.45) is 0 Å². The summed E-state index contributed by atoms with van der Waals surface area (Å²) in [4.78, 5) is 51.3. The van der Waals surface area contributed by atoms with Crippen LogP contribution < -0.4 is 25.0 Å². The molecule has 9 nitrogen and oxygen atoms in total. The molecule has 188 valence electrons. The zero-order valence-corrected chi connectivity index (χ0v) is 21.5. The zero-order chi connectivity index (χ0) is 26.5. The number of nitrogens with zero attached hydrogens (tertiary/aromatic N) is 1. The maximum Gasteiger partial charge on any atom is 0.335 e. The fraction of sp³-hybridized carbons (Fsp3) is 0.111. The first-order valence-electron chi connectivity index (χ1n) is 11.1. The minimum Gasteiger partial charge on any atom is -0.493 e. The van der Waals surface area contributed by atoms with Crippen molar-refractivity contribution >= 4 is 57.1 Å². The second-order valence-electron chi connectivity index (χ2n) is 8.02. The summed E-state index contributed by atoms with van der Waals surface area (Å²) in [5.41, 5.74) is 2.12. The van der Waals surface area contributed by atoms with Crippen LogP contribution in [0.15, 0.2) is 76.8 Å². The van der Waals surface area contributed by atoms with E-state index in [2.05, 4.69) is 26.6 Å². The number of hydrogen-bond donors (Lipinski definition) is 2. The maximum atomic E-state index is 13.2. The third kappa shape index (κ3) is 5.87. The molecule has 0 aliphatic carbocycles. The predicted molar refractivity (Wildman–Crippen MR) is 141 cm³/mol. The van der Waals surface area contributed by atoms with Crippen molar-refractivity contribution in [3.8, 4) is 11.5 Å². The van der Waals surface area contributed by atoms with Gasteiger partial charge in [-0.25, -0.2) is 9.69 Å². The molecule has 2 N–H and O–H groups in total. The van der Waals surface area contributed by atoms with Gasteiger partial charge in [0, 0.05) is 10.2 Å². The van der Waals surface area contributed by atoms with Gasteiger partial charge in [-0.1, -0.05) is 51.8 Å². The summed E-state index contributed by atoms with van der Waals surface area (Å²) in [7, 11) is 1.42. The Bertz CT molecular complexity index is 1400. The van der Waals surface area contributed by atoms with Gasteiger partial charge in [-0.15, -0.1) is 0 Å². The molecule has 3 aromatic carbocycles. The summed E-state index contributed by atoms with van der Waals surface area (Å²) in [5.74, 6) is -1.39. The molecular formula is C27H22BrN3O6. The lowest BCUT2D eigenvalue weighted by molar-refractivity contribution is -0.122. The average molecular weight is 564 g/mol. The maximum absolute atomic E-state index is 13.2. The van der Waals surface area contributed by atoms with E-state index in [0.29, 0.717) is 21.4 Å². The number of halogens is 1. The molecule has 0 radical (unpaired) electrons. The molecule has 3 aromatic rings. The first kappa shape index (κ1) is 25.6. The van der Waals surface area contributed by atoms with E-state index in [4.69, 9.17) is 9.47 Å². The number of amides is 5. The molecule has 1 aliphatic rings. The first-order chi connectivity index (χ1) is 17.8. The second-order valence-corrected chi connectivity index (χ2v) is 8.88. The van der Waals surface area contributed by atoms with E-state index in [1.807, 2.05) is 13.0 Å². The zero-order valence-electron chi connectivity index (χ0n) is 19.9. The van der Waals surface area contributed by atoms with Gasteiger partial charge in [0.15, 0.2) is 18.1 Å². The molecule has 0 unspecified atom stereocenters. The lowest BCUT2D eigenvalue weighted by Gasteiger charge is -2.26. The molecule has 0 bridgehead atoms. The van der Waals surface area contributed by atoms with Crippen LogP contribution in [0.4, 0.5) is 16.2 Å². The number of carbonyl (C=O) groups is 4. The number of carbonyl (C=O) groups excluding carboxylic acids is 4. The Kier molecular flexibility index (Phi) is 7.69. The number of nitrogens with one attached hydrogen (secondary N) is 2. The molecule has 0 spiro atoms. The van der Waals surface area contributed by atoms with Crippen LogP contribution in [0.1, 0.15) is 11.1 Å². The van der Waals surface area contributed by atoms with Crippen LogP contribution in [-0.2, 0) is 14.4 Å². The Morgan fingerprint density at radius 1 is 1.03 bits per heavy atom. The molecule has 0 atom stereocenters. The van der Waals surface area contributed by atoms with Crippen LogP contribution in [0, 0.1) is 6.92 Å². The van der Waals surface area contributed by atoms with Gasteiger partial charge < -0.3 is 14.8 Å². The lowest BCUT2D eigenvalue weighted by Crippen LogP contribution is -2.54. The van der Waals surface area contributed by atoms with Crippen molar-refractivity contribution in [2.75, 3.05) is 23.9 Å². The molecular weight excluding hydrogens is 542 g/mol. The quantitative estimate of drug-likeness (QED) is 0.324. The molecule has 10 heteroatoms. The Morgan fingerprint density at radius 3 is 2.41 bits per heavy atom. The van der Waals surface area contributed by atoms with E-state index in [1.54, 1.807) is 60.7 Å². The highest BCUT2D eigenvalue weighted by molar-refractivity contribution is 9.10. The van der Waals surface area contributed by atoms with Crippen molar-refractivity contribution in [1.82, 2.24) is 5.32 Å². The SMILES string of the molecule is COc1cc(/C=C2\C(=O)NC(=O)N(c3ccc(C)cc3)C2=O)c(Br)cc1OCC(=O)Nc1ccccc1. The minimum atomic E-state index is -0.829. The smallest absolute Gasteiger partial charge is 0.335 e. The Balaban J connectivity index is 1.56. The summed E-state index contributed by atoms with van der Waals surface area (Å²) in [5, 5.41) is 4.92. The summed E-state index contributed by atoms with van der Waals surface area (Å²) >= 11 is 3.41. The van der Waals surface area contributed by atoms with Crippen molar-refractivity contribution in [1.29, 1.82) is 0 Å². The standard InChI is InChI=1S/C27H22BrN3O6/c1-16-8-10-19(11-9-16)31-26(34)20(25(33)30-27(31)35)12-17-13-22(36-2)23(14-21(17)28)37-15-24(32)29-18-6-4-3-5-7-18/h3-14H,15H2,1-2H3,(H,29,32)(H,30,33,35)/b20-12+. The van der Waals surface area contributed by atoms with E-state index in [-0.39, 0.29) is 29.6 Å². The second kappa shape index (κ2) is 11.1. The molecule has 5 amide bonds.